The lowest BCUT2D eigenvalue weighted by Crippen LogP contribution is -2.56. The van der Waals surface area contributed by atoms with Crippen molar-refractivity contribution >= 4 is 29.0 Å². The van der Waals surface area contributed by atoms with E-state index in [1.54, 1.807) is 0 Å². The average molecular weight is 413 g/mol. The molecule has 0 radical (unpaired) electrons. The lowest BCUT2D eigenvalue weighted by Gasteiger charge is -2.47. The van der Waals surface area contributed by atoms with Crippen LogP contribution in [0.25, 0.3) is 5.57 Å². The number of hydrogen-bond donors (Lipinski definition) is 3. The highest BCUT2D eigenvalue weighted by Crippen LogP contribution is 2.46. The van der Waals surface area contributed by atoms with E-state index in [-0.39, 0.29) is 23.6 Å². The summed E-state index contributed by atoms with van der Waals surface area (Å²) < 4.78 is 6.34. The van der Waals surface area contributed by atoms with Crippen molar-refractivity contribution in [1.29, 1.82) is 5.41 Å². The molecule has 154 valence electrons. The number of thiophene rings is 1. The Morgan fingerprint density at radius 3 is 2.79 bits per heavy atom. The minimum Gasteiger partial charge on any atom is -0.404 e. The van der Waals surface area contributed by atoms with Gasteiger partial charge < -0.3 is 26.1 Å². The minimum absolute atomic E-state index is 0.0805. The molecule has 2 fully saturated rings. The van der Waals surface area contributed by atoms with Crippen molar-refractivity contribution in [3.8, 4) is 0 Å². The molecule has 0 aromatic carbocycles. The van der Waals surface area contributed by atoms with Crippen molar-refractivity contribution in [2.24, 2.45) is 5.73 Å². The van der Waals surface area contributed by atoms with Crippen molar-refractivity contribution in [2.75, 3.05) is 13.2 Å². The highest BCUT2D eigenvalue weighted by molar-refractivity contribution is 7.11. The third kappa shape index (κ3) is 3.53. The van der Waals surface area contributed by atoms with E-state index < -0.39 is 0 Å². The van der Waals surface area contributed by atoms with Crippen LogP contribution in [0.5, 0.6) is 0 Å². The summed E-state index contributed by atoms with van der Waals surface area (Å²) in [7, 11) is 0. The summed E-state index contributed by atoms with van der Waals surface area (Å²) >= 11 is 1.45. The van der Waals surface area contributed by atoms with Gasteiger partial charge in [-0.1, -0.05) is 12.2 Å². The number of amides is 1. The van der Waals surface area contributed by atoms with Crippen LogP contribution in [0.3, 0.4) is 0 Å². The summed E-state index contributed by atoms with van der Waals surface area (Å²) in [6.07, 6.45) is 12.6. The molecule has 1 aromatic rings. The highest BCUT2D eigenvalue weighted by Gasteiger charge is 2.52. The molecular formula is C22H28N4O2S. The summed E-state index contributed by atoms with van der Waals surface area (Å²) in [5.74, 6) is 0.0805. The van der Waals surface area contributed by atoms with Crippen LogP contribution in [0.2, 0.25) is 0 Å². The molecule has 7 heteroatoms. The molecule has 1 aromatic heterocycles. The number of dihydropyridines is 1. The number of hydrogen-bond acceptors (Lipinski definition) is 6. The molecule has 2 atom stereocenters. The van der Waals surface area contributed by atoms with Gasteiger partial charge in [-0.2, -0.15) is 0 Å². The van der Waals surface area contributed by atoms with E-state index >= 15 is 0 Å². The normalized spacial score (nSPS) is 28.8. The van der Waals surface area contributed by atoms with Crippen LogP contribution in [-0.2, 0) is 4.74 Å². The second-order valence-electron chi connectivity index (χ2n) is 7.79. The predicted octanol–water partition coefficient (Wildman–Crippen LogP) is 3.28. The standard InChI is InChI=1S/C22H28N4O2S/c1-2-28-22(20-5-3-4-8-25-20)10-17-6-7-18(11-22)26(17)21(27)15-9-19(29-14-15)16(12-23)13-24/h3-5,9,12-14,17-18,23,25H,2,6-8,10-11,24H2,1H3/b16-13+,23-12?. The van der Waals surface area contributed by atoms with Crippen LogP contribution in [0.4, 0.5) is 0 Å². The summed E-state index contributed by atoms with van der Waals surface area (Å²) in [5, 5.41) is 12.8. The molecule has 2 bridgehead atoms. The fourth-order valence-electron chi connectivity index (χ4n) is 4.95. The number of nitrogens with zero attached hydrogens (tertiary/aromatic N) is 1. The Bertz CT molecular complexity index is 871. The van der Waals surface area contributed by atoms with Gasteiger partial charge >= 0.3 is 0 Å². The Balaban J connectivity index is 1.58. The Morgan fingerprint density at radius 2 is 2.21 bits per heavy atom. The number of nitrogens with one attached hydrogen (secondary N) is 2. The van der Waals surface area contributed by atoms with Crippen molar-refractivity contribution < 1.29 is 9.53 Å². The fourth-order valence-corrected chi connectivity index (χ4v) is 5.83. The van der Waals surface area contributed by atoms with Gasteiger partial charge in [0.25, 0.3) is 5.91 Å². The van der Waals surface area contributed by atoms with E-state index in [4.69, 9.17) is 15.9 Å². The number of ether oxygens (including phenoxy) is 1. The van der Waals surface area contributed by atoms with Crippen LogP contribution >= 0.6 is 11.3 Å². The predicted molar refractivity (Wildman–Crippen MR) is 117 cm³/mol. The number of rotatable bonds is 6. The topological polar surface area (TPSA) is 91.4 Å². The first-order valence-corrected chi connectivity index (χ1v) is 11.1. The van der Waals surface area contributed by atoms with E-state index in [9.17, 15) is 4.79 Å². The molecule has 6 nitrogen and oxygen atoms in total. The molecule has 2 unspecified atom stereocenters. The van der Waals surface area contributed by atoms with Crippen LogP contribution in [0.1, 0.15) is 47.8 Å². The summed E-state index contributed by atoms with van der Waals surface area (Å²) in [6.45, 7) is 3.52. The van der Waals surface area contributed by atoms with Crippen LogP contribution < -0.4 is 11.1 Å². The number of piperidine rings is 1. The smallest absolute Gasteiger partial charge is 0.255 e. The van der Waals surface area contributed by atoms with Crippen molar-refractivity contribution in [3.63, 3.8) is 0 Å². The van der Waals surface area contributed by atoms with Gasteiger partial charge in [-0.05, 0) is 31.9 Å². The summed E-state index contributed by atoms with van der Waals surface area (Å²) in [5.41, 5.74) is 7.72. The Hall–Kier alpha value is -2.38. The monoisotopic (exact) mass is 412 g/mol. The first-order valence-electron chi connectivity index (χ1n) is 10.2. The van der Waals surface area contributed by atoms with Gasteiger partial charge in [-0.25, -0.2) is 0 Å². The van der Waals surface area contributed by atoms with Gasteiger partial charge in [-0.15, -0.1) is 11.3 Å². The van der Waals surface area contributed by atoms with E-state index in [1.807, 2.05) is 18.4 Å². The van der Waals surface area contributed by atoms with E-state index in [0.717, 1.165) is 42.8 Å². The minimum atomic E-state index is -0.336. The maximum absolute atomic E-state index is 13.4. The molecular weight excluding hydrogens is 384 g/mol. The first kappa shape index (κ1) is 19.9. The quantitative estimate of drug-likeness (QED) is 0.625. The van der Waals surface area contributed by atoms with Gasteiger partial charge in [0.15, 0.2) is 0 Å². The van der Waals surface area contributed by atoms with Crippen LogP contribution in [0.15, 0.2) is 41.6 Å². The molecule has 29 heavy (non-hydrogen) atoms. The van der Waals surface area contributed by atoms with Crippen molar-refractivity contribution in [1.82, 2.24) is 10.2 Å². The lowest BCUT2D eigenvalue weighted by atomic mass is 9.82. The first-order chi connectivity index (χ1) is 14.1. The van der Waals surface area contributed by atoms with Gasteiger partial charge in [0.1, 0.15) is 5.60 Å². The maximum atomic E-state index is 13.4. The average Bonchev–Trinajstić information content (AvgIpc) is 3.33. The highest BCUT2D eigenvalue weighted by atomic mass is 32.1. The van der Waals surface area contributed by atoms with Gasteiger partial charge in [-0.3, -0.25) is 4.79 Å². The zero-order chi connectivity index (χ0) is 20.4. The Morgan fingerprint density at radius 1 is 1.45 bits per heavy atom. The van der Waals surface area contributed by atoms with Crippen molar-refractivity contribution in [2.45, 2.75) is 50.3 Å². The fraction of sp³-hybridized carbons (Fsp3) is 0.455. The molecule has 2 saturated heterocycles. The van der Waals surface area contributed by atoms with Gasteiger partial charge in [0, 0.05) is 72.0 Å². The van der Waals surface area contributed by atoms with Crippen molar-refractivity contribution in [3.05, 3.63) is 52.0 Å². The van der Waals surface area contributed by atoms with Crippen LogP contribution in [-0.4, -0.2) is 47.9 Å². The van der Waals surface area contributed by atoms with E-state index in [1.165, 1.54) is 23.8 Å². The van der Waals surface area contributed by atoms with Gasteiger partial charge in [0.05, 0.1) is 5.56 Å². The Kier molecular flexibility index (Phi) is 5.61. The SMILES string of the molecule is CCOC1(C2=CC=CCN2)CC2CCC(C1)N2C(=O)c1csc(/C(C=N)=C/N)c1. The Labute approximate surface area is 175 Å². The molecule has 1 amide bonds. The number of nitrogens with two attached hydrogens (primary N) is 1. The van der Waals surface area contributed by atoms with Crippen LogP contribution in [0, 0.1) is 5.41 Å². The third-order valence-electron chi connectivity index (χ3n) is 6.17. The molecule has 3 aliphatic rings. The zero-order valence-electron chi connectivity index (χ0n) is 16.7. The number of allylic oxidation sites excluding steroid dienone is 3. The summed E-state index contributed by atoms with van der Waals surface area (Å²) in [4.78, 5) is 16.3. The maximum Gasteiger partial charge on any atom is 0.255 e. The molecule has 4 rings (SSSR count). The van der Waals surface area contributed by atoms with E-state index in [0.29, 0.717) is 17.7 Å². The molecule has 0 spiro atoms. The second-order valence-corrected chi connectivity index (χ2v) is 8.70. The molecule has 4 heterocycles. The third-order valence-corrected chi connectivity index (χ3v) is 7.15. The number of fused-ring (bicyclic) bond motifs is 2. The number of carbonyl (C=O) groups is 1. The molecule has 3 aliphatic heterocycles. The lowest BCUT2D eigenvalue weighted by molar-refractivity contribution is -0.0715. The second kappa shape index (κ2) is 8.16. The van der Waals surface area contributed by atoms with E-state index in [2.05, 4.69) is 28.4 Å². The number of carbonyl (C=O) groups excluding carboxylic acids is 1. The molecule has 0 saturated carbocycles. The molecule has 4 N–H and O–H groups in total. The molecule has 0 aliphatic carbocycles. The largest absolute Gasteiger partial charge is 0.404 e. The van der Waals surface area contributed by atoms with Gasteiger partial charge in [0.2, 0.25) is 0 Å². The summed E-state index contributed by atoms with van der Waals surface area (Å²) in [6, 6.07) is 2.21. The zero-order valence-corrected chi connectivity index (χ0v) is 17.5.